The van der Waals surface area contributed by atoms with Gasteiger partial charge in [-0.2, -0.15) is 0 Å². The van der Waals surface area contributed by atoms with Gasteiger partial charge in [0.2, 0.25) is 5.91 Å². The smallest absolute Gasteiger partial charge is 0.216 e. The lowest BCUT2D eigenvalue weighted by atomic mass is 10.0. The first-order valence-corrected chi connectivity index (χ1v) is 8.45. The highest BCUT2D eigenvalue weighted by atomic mass is 32.1. The zero-order valence-electron chi connectivity index (χ0n) is 13.3. The molecule has 3 rings (SSSR count). The fourth-order valence-electron chi connectivity index (χ4n) is 2.69. The van der Waals surface area contributed by atoms with Crippen molar-refractivity contribution in [3.8, 4) is 16.9 Å². The average molecular weight is 325 g/mol. The third-order valence-corrected chi connectivity index (χ3v) is 4.82. The third-order valence-electron chi connectivity index (χ3n) is 3.83. The van der Waals surface area contributed by atoms with Gasteiger partial charge in [0, 0.05) is 23.7 Å². The number of hydrogen-bond donors (Lipinski definition) is 1. The maximum atomic E-state index is 11.0. The number of nitrogens with one attached hydrogen (secondary N) is 1. The van der Waals surface area contributed by atoms with Crippen molar-refractivity contribution >= 4 is 27.3 Å². The molecule has 1 heterocycles. The van der Waals surface area contributed by atoms with Crippen LogP contribution in [0.5, 0.6) is 5.75 Å². The molecule has 0 bridgehead atoms. The molecule has 0 spiro atoms. The molecule has 2 aromatic carbocycles. The largest absolute Gasteiger partial charge is 0.496 e. The Balaban J connectivity index is 1.98. The van der Waals surface area contributed by atoms with Gasteiger partial charge in [0.1, 0.15) is 5.75 Å². The number of carbonyl (C=O) groups is 1. The number of rotatable bonds is 5. The van der Waals surface area contributed by atoms with E-state index < -0.39 is 0 Å². The number of fused-ring (bicyclic) bond motifs is 1. The fourth-order valence-corrected chi connectivity index (χ4v) is 3.70. The lowest BCUT2D eigenvalue weighted by Gasteiger charge is -2.10. The van der Waals surface area contributed by atoms with Crippen LogP contribution in [0.3, 0.4) is 0 Å². The minimum Gasteiger partial charge on any atom is -0.496 e. The highest BCUT2D eigenvalue weighted by Gasteiger charge is 2.12. The van der Waals surface area contributed by atoms with E-state index in [1.807, 2.05) is 18.2 Å². The zero-order chi connectivity index (χ0) is 16.2. The summed E-state index contributed by atoms with van der Waals surface area (Å²) in [4.78, 5) is 11.0. The summed E-state index contributed by atoms with van der Waals surface area (Å²) >= 11 is 1.73. The number of amides is 1. The van der Waals surface area contributed by atoms with Crippen LogP contribution in [0, 0.1) is 0 Å². The topological polar surface area (TPSA) is 38.3 Å². The molecule has 0 unspecified atom stereocenters. The molecule has 0 fully saturated rings. The van der Waals surface area contributed by atoms with E-state index in [0.29, 0.717) is 6.54 Å². The molecule has 3 aromatic rings. The van der Waals surface area contributed by atoms with Crippen molar-refractivity contribution in [3.05, 3.63) is 53.4 Å². The molecule has 0 radical (unpaired) electrons. The van der Waals surface area contributed by atoms with E-state index in [2.05, 4.69) is 35.0 Å². The Morgan fingerprint density at radius 2 is 2.00 bits per heavy atom. The minimum absolute atomic E-state index is 0.00785. The van der Waals surface area contributed by atoms with Crippen molar-refractivity contribution in [1.29, 1.82) is 0 Å². The Bertz CT molecular complexity index is 824. The van der Waals surface area contributed by atoms with Crippen LogP contribution in [0.4, 0.5) is 0 Å². The van der Waals surface area contributed by atoms with Crippen LogP contribution in [0.15, 0.2) is 47.8 Å². The average Bonchev–Trinajstić information content (AvgIpc) is 2.96. The molecule has 1 N–H and O–H groups in total. The summed E-state index contributed by atoms with van der Waals surface area (Å²) in [5.41, 5.74) is 3.51. The highest BCUT2D eigenvalue weighted by molar-refractivity contribution is 7.17. The highest BCUT2D eigenvalue weighted by Crippen LogP contribution is 2.37. The van der Waals surface area contributed by atoms with Crippen LogP contribution in [-0.4, -0.2) is 19.6 Å². The standard InChI is InChI=1S/C19H19NO2S/c1-13(21)20-9-8-15-12-23-19-11-16(14-6-4-3-5-7-14)18(22-2)10-17(15)19/h3-7,10-12H,8-9H2,1-2H3,(H,20,21). The molecule has 118 valence electrons. The molecule has 1 amide bonds. The monoisotopic (exact) mass is 325 g/mol. The zero-order valence-corrected chi connectivity index (χ0v) is 14.1. The summed E-state index contributed by atoms with van der Waals surface area (Å²) in [6.45, 7) is 2.20. The van der Waals surface area contributed by atoms with Crippen molar-refractivity contribution in [3.63, 3.8) is 0 Å². The van der Waals surface area contributed by atoms with Gasteiger partial charge in [0.25, 0.3) is 0 Å². The van der Waals surface area contributed by atoms with Gasteiger partial charge in [-0.05, 0) is 40.4 Å². The van der Waals surface area contributed by atoms with Gasteiger partial charge in [-0.25, -0.2) is 0 Å². The first-order chi connectivity index (χ1) is 11.2. The Labute approximate surface area is 139 Å². The molecule has 4 heteroatoms. The molecule has 0 aliphatic carbocycles. The molecular weight excluding hydrogens is 306 g/mol. The van der Waals surface area contributed by atoms with Crippen LogP contribution in [0.25, 0.3) is 21.2 Å². The molecular formula is C19H19NO2S. The van der Waals surface area contributed by atoms with Crippen LogP contribution in [-0.2, 0) is 11.2 Å². The first kappa shape index (κ1) is 15.6. The SMILES string of the molecule is COc1cc2c(CCNC(C)=O)csc2cc1-c1ccccc1. The van der Waals surface area contributed by atoms with Gasteiger partial charge in [-0.1, -0.05) is 30.3 Å². The van der Waals surface area contributed by atoms with E-state index in [1.54, 1.807) is 25.4 Å². The lowest BCUT2D eigenvalue weighted by molar-refractivity contribution is -0.118. The summed E-state index contributed by atoms with van der Waals surface area (Å²) in [6.07, 6.45) is 0.827. The van der Waals surface area contributed by atoms with Crippen LogP contribution < -0.4 is 10.1 Å². The van der Waals surface area contributed by atoms with Crippen molar-refractivity contribution in [2.75, 3.05) is 13.7 Å². The molecule has 0 atom stereocenters. The molecule has 0 saturated carbocycles. The maximum Gasteiger partial charge on any atom is 0.216 e. The number of methoxy groups -OCH3 is 1. The van der Waals surface area contributed by atoms with Gasteiger partial charge >= 0.3 is 0 Å². The van der Waals surface area contributed by atoms with Crippen LogP contribution in [0.2, 0.25) is 0 Å². The summed E-state index contributed by atoms with van der Waals surface area (Å²) in [5, 5.41) is 6.22. The van der Waals surface area contributed by atoms with Crippen LogP contribution in [0.1, 0.15) is 12.5 Å². The van der Waals surface area contributed by atoms with E-state index in [9.17, 15) is 4.79 Å². The second kappa shape index (κ2) is 6.84. The maximum absolute atomic E-state index is 11.0. The minimum atomic E-state index is 0.00785. The number of hydrogen-bond acceptors (Lipinski definition) is 3. The lowest BCUT2D eigenvalue weighted by Crippen LogP contribution is -2.22. The fraction of sp³-hybridized carbons (Fsp3) is 0.211. The van der Waals surface area contributed by atoms with Gasteiger partial charge in [0.05, 0.1) is 7.11 Å². The van der Waals surface area contributed by atoms with Crippen molar-refractivity contribution in [2.45, 2.75) is 13.3 Å². The van der Waals surface area contributed by atoms with Gasteiger partial charge in [-0.3, -0.25) is 4.79 Å². The molecule has 0 aliphatic rings. The summed E-state index contributed by atoms with van der Waals surface area (Å²) in [7, 11) is 1.71. The van der Waals surface area contributed by atoms with Crippen molar-refractivity contribution in [2.24, 2.45) is 0 Å². The molecule has 23 heavy (non-hydrogen) atoms. The Kier molecular flexibility index (Phi) is 4.63. The quantitative estimate of drug-likeness (QED) is 0.761. The Morgan fingerprint density at radius 3 is 2.70 bits per heavy atom. The van der Waals surface area contributed by atoms with E-state index in [4.69, 9.17) is 4.74 Å². The Morgan fingerprint density at radius 1 is 1.22 bits per heavy atom. The second-order valence-corrected chi connectivity index (χ2v) is 6.32. The number of carbonyl (C=O) groups excluding carboxylic acids is 1. The second-order valence-electron chi connectivity index (χ2n) is 5.41. The van der Waals surface area contributed by atoms with Crippen LogP contribution >= 0.6 is 11.3 Å². The summed E-state index contributed by atoms with van der Waals surface area (Å²) in [5.74, 6) is 0.886. The summed E-state index contributed by atoms with van der Waals surface area (Å²) in [6, 6.07) is 14.6. The van der Waals surface area contributed by atoms with Crippen molar-refractivity contribution in [1.82, 2.24) is 5.32 Å². The molecule has 0 saturated heterocycles. The molecule has 0 aliphatic heterocycles. The number of ether oxygens (including phenoxy) is 1. The molecule has 3 nitrogen and oxygen atoms in total. The number of benzene rings is 2. The third kappa shape index (κ3) is 3.37. The van der Waals surface area contributed by atoms with E-state index in [1.165, 1.54) is 15.6 Å². The van der Waals surface area contributed by atoms with E-state index >= 15 is 0 Å². The predicted molar refractivity (Wildman–Crippen MR) is 96.2 cm³/mol. The van der Waals surface area contributed by atoms with Crippen molar-refractivity contribution < 1.29 is 9.53 Å². The molecule has 1 aromatic heterocycles. The normalized spacial score (nSPS) is 10.7. The van der Waals surface area contributed by atoms with E-state index in [-0.39, 0.29) is 5.91 Å². The van der Waals surface area contributed by atoms with Gasteiger partial charge in [0.15, 0.2) is 0 Å². The van der Waals surface area contributed by atoms with E-state index in [0.717, 1.165) is 23.3 Å². The number of thiophene rings is 1. The Hall–Kier alpha value is -2.33. The first-order valence-electron chi connectivity index (χ1n) is 7.57. The predicted octanol–water partition coefficient (Wildman–Crippen LogP) is 4.26. The van der Waals surface area contributed by atoms with Gasteiger partial charge in [-0.15, -0.1) is 11.3 Å². The van der Waals surface area contributed by atoms with Gasteiger partial charge < -0.3 is 10.1 Å². The summed E-state index contributed by atoms with van der Waals surface area (Å²) < 4.78 is 6.85.